The zero-order valence-electron chi connectivity index (χ0n) is 19.5. The highest BCUT2D eigenvalue weighted by molar-refractivity contribution is 7.93. The Bertz CT molecular complexity index is 1230. The van der Waals surface area contributed by atoms with Crippen molar-refractivity contribution in [3.63, 3.8) is 0 Å². The molecule has 2 aromatic rings. The van der Waals surface area contributed by atoms with Gasteiger partial charge in [-0.3, -0.25) is 4.31 Å². The standard InChI is InChI=1S/C26H29N3O5S/c27-14-24-23-13-21(33-16-22-15-32-17-34-22)9-10-25(23)29(20-3-1-4-20)26(24)18-5-7-19(8-6-18)28-11-2-12-35(28,30)31/h5-10,13,20,22,24,26H,1-4,11-12,15-17H2. The number of ether oxygens (including phenoxy) is 3. The van der Waals surface area contributed by atoms with Gasteiger partial charge in [0.2, 0.25) is 10.0 Å². The number of nitriles is 1. The molecule has 3 atom stereocenters. The summed E-state index contributed by atoms with van der Waals surface area (Å²) < 4.78 is 42.9. The Balaban J connectivity index is 1.30. The third kappa shape index (κ3) is 4.03. The number of anilines is 2. The Labute approximate surface area is 206 Å². The van der Waals surface area contributed by atoms with Crippen molar-refractivity contribution in [1.29, 1.82) is 5.26 Å². The molecule has 0 aromatic heterocycles. The summed E-state index contributed by atoms with van der Waals surface area (Å²) in [6, 6.07) is 16.6. The molecule has 3 heterocycles. The fourth-order valence-electron chi connectivity index (χ4n) is 5.59. The molecule has 184 valence electrons. The molecule has 0 amide bonds. The summed E-state index contributed by atoms with van der Waals surface area (Å²) >= 11 is 0. The van der Waals surface area contributed by atoms with Gasteiger partial charge in [-0.15, -0.1) is 0 Å². The Morgan fingerprint density at radius 3 is 2.57 bits per heavy atom. The molecule has 0 spiro atoms. The van der Waals surface area contributed by atoms with Crippen LogP contribution >= 0.6 is 0 Å². The van der Waals surface area contributed by atoms with E-state index in [9.17, 15) is 13.7 Å². The van der Waals surface area contributed by atoms with Crippen molar-refractivity contribution in [3.8, 4) is 11.8 Å². The Morgan fingerprint density at radius 1 is 1.11 bits per heavy atom. The molecule has 8 nitrogen and oxygen atoms in total. The number of rotatable bonds is 6. The van der Waals surface area contributed by atoms with Gasteiger partial charge >= 0.3 is 0 Å². The summed E-state index contributed by atoms with van der Waals surface area (Å²) in [6.45, 7) is 1.76. The third-order valence-electron chi connectivity index (χ3n) is 7.58. The van der Waals surface area contributed by atoms with Crippen LogP contribution in [0.25, 0.3) is 0 Å². The maximum Gasteiger partial charge on any atom is 0.235 e. The van der Waals surface area contributed by atoms with E-state index < -0.39 is 10.0 Å². The van der Waals surface area contributed by atoms with Crippen LogP contribution in [0.15, 0.2) is 42.5 Å². The van der Waals surface area contributed by atoms with Crippen LogP contribution in [0.3, 0.4) is 0 Å². The molecule has 6 rings (SSSR count). The molecule has 3 fully saturated rings. The van der Waals surface area contributed by atoms with Crippen LogP contribution in [0.2, 0.25) is 0 Å². The van der Waals surface area contributed by atoms with Crippen LogP contribution in [-0.2, 0) is 19.5 Å². The number of nitrogens with zero attached hydrogens (tertiary/aromatic N) is 3. The minimum Gasteiger partial charge on any atom is -0.491 e. The number of benzene rings is 2. The van der Waals surface area contributed by atoms with Gasteiger partial charge in [0.15, 0.2) is 0 Å². The molecule has 1 saturated carbocycles. The molecule has 3 aliphatic heterocycles. The van der Waals surface area contributed by atoms with E-state index in [4.69, 9.17) is 14.2 Å². The smallest absolute Gasteiger partial charge is 0.235 e. The maximum atomic E-state index is 12.4. The van der Waals surface area contributed by atoms with Crippen molar-refractivity contribution in [2.45, 2.75) is 49.8 Å². The van der Waals surface area contributed by atoms with E-state index in [1.54, 1.807) is 0 Å². The van der Waals surface area contributed by atoms with E-state index in [0.29, 0.717) is 44.7 Å². The Morgan fingerprint density at radius 2 is 1.94 bits per heavy atom. The molecule has 2 saturated heterocycles. The summed E-state index contributed by atoms with van der Waals surface area (Å²) in [5.41, 5.74) is 3.79. The monoisotopic (exact) mass is 495 g/mol. The van der Waals surface area contributed by atoms with E-state index in [0.717, 1.165) is 35.4 Å². The van der Waals surface area contributed by atoms with Gasteiger partial charge in [-0.05, 0) is 67.1 Å². The van der Waals surface area contributed by atoms with E-state index in [2.05, 4.69) is 17.0 Å². The van der Waals surface area contributed by atoms with Crippen molar-refractivity contribution in [1.82, 2.24) is 0 Å². The fourth-order valence-corrected chi connectivity index (χ4v) is 7.16. The zero-order chi connectivity index (χ0) is 24.0. The van der Waals surface area contributed by atoms with Crippen LogP contribution in [0, 0.1) is 11.3 Å². The molecule has 3 unspecified atom stereocenters. The summed E-state index contributed by atoms with van der Waals surface area (Å²) in [5, 5.41) is 10.3. The Kier molecular flexibility index (Phi) is 5.83. The van der Waals surface area contributed by atoms with Crippen LogP contribution in [0.4, 0.5) is 11.4 Å². The van der Waals surface area contributed by atoms with Crippen LogP contribution < -0.4 is 13.9 Å². The molecule has 0 radical (unpaired) electrons. The highest BCUT2D eigenvalue weighted by atomic mass is 32.2. The zero-order valence-corrected chi connectivity index (χ0v) is 20.3. The van der Waals surface area contributed by atoms with E-state index in [-0.39, 0.29) is 23.8 Å². The first kappa shape index (κ1) is 22.7. The second kappa shape index (κ2) is 9.01. The molecule has 0 N–H and O–H groups in total. The maximum absolute atomic E-state index is 12.4. The second-order valence-electron chi connectivity index (χ2n) is 9.69. The van der Waals surface area contributed by atoms with Crippen molar-refractivity contribution in [3.05, 3.63) is 53.6 Å². The van der Waals surface area contributed by atoms with Crippen molar-refractivity contribution < 1.29 is 22.6 Å². The summed E-state index contributed by atoms with van der Waals surface area (Å²) in [7, 11) is -3.23. The second-order valence-corrected chi connectivity index (χ2v) is 11.7. The molecule has 35 heavy (non-hydrogen) atoms. The van der Waals surface area contributed by atoms with Crippen LogP contribution in [0.1, 0.15) is 48.8 Å². The minimum atomic E-state index is -3.23. The number of hydrogen-bond donors (Lipinski definition) is 0. The van der Waals surface area contributed by atoms with E-state index in [1.807, 2.05) is 36.4 Å². The normalized spacial score (nSPS) is 27.5. The van der Waals surface area contributed by atoms with E-state index >= 15 is 0 Å². The van der Waals surface area contributed by atoms with Gasteiger partial charge in [-0.25, -0.2) is 8.42 Å². The molecule has 4 aliphatic rings. The van der Waals surface area contributed by atoms with Gasteiger partial charge in [0.25, 0.3) is 0 Å². The number of hydrogen-bond acceptors (Lipinski definition) is 7. The van der Waals surface area contributed by atoms with Crippen LogP contribution in [-0.4, -0.2) is 52.9 Å². The van der Waals surface area contributed by atoms with Gasteiger partial charge < -0.3 is 19.1 Å². The summed E-state index contributed by atoms with van der Waals surface area (Å²) in [5.74, 6) is 0.577. The van der Waals surface area contributed by atoms with Gasteiger partial charge in [0, 0.05) is 18.3 Å². The highest BCUT2D eigenvalue weighted by Crippen LogP contribution is 2.53. The topological polar surface area (TPSA) is 92.1 Å². The molecule has 9 heteroatoms. The number of fused-ring (bicyclic) bond motifs is 1. The largest absolute Gasteiger partial charge is 0.491 e. The lowest BCUT2D eigenvalue weighted by molar-refractivity contribution is 0.0320. The van der Waals surface area contributed by atoms with Crippen molar-refractivity contribution >= 4 is 21.4 Å². The van der Waals surface area contributed by atoms with E-state index in [1.165, 1.54) is 10.7 Å². The molecule has 1 aliphatic carbocycles. The first-order valence-electron chi connectivity index (χ1n) is 12.3. The van der Waals surface area contributed by atoms with Crippen molar-refractivity contribution in [2.24, 2.45) is 0 Å². The molecular weight excluding hydrogens is 466 g/mol. The summed E-state index contributed by atoms with van der Waals surface area (Å²) in [6.07, 6.45) is 3.98. The summed E-state index contributed by atoms with van der Waals surface area (Å²) in [4.78, 5) is 2.41. The minimum absolute atomic E-state index is 0.0767. The first-order valence-corrected chi connectivity index (χ1v) is 13.9. The highest BCUT2D eigenvalue weighted by Gasteiger charge is 2.44. The first-order chi connectivity index (χ1) is 17.0. The Hall–Kier alpha value is -2.80. The van der Waals surface area contributed by atoms with Gasteiger partial charge in [0.05, 0.1) is 36.1 Å². The molecular formula is C26H29N3O5S. The quantitative estimate of drug-likeness (QED) is 0.603. The average molecular weight is 496 g/mol. The SMILES string of the molecule is N#CC1c2cc(OCC3COCO3)ccc2N(C2CCC2)C1c1ccc(N2CCCS2(=O)=O)cc1. The van der Waals surface area contributed by atoms with Gasteiger partial charge in [-0.1, -0.05) is 12.1 Å². The lowest BCUT2D eigenvalue weighted by atomic mass is 9.87. The third-order valence-corrected chi connectivity index (χ3v) is 9.45. The average Bonchev–Trinajstić information content (AvgIpc) is 3.54. The van der Waals surface area contributed by atoms with Gasteiger partial charge in [0.1, 0.15) is 25.3 Å². The van der Waals surface area contributed by atoms with Crippen LogP contribution in [0.5, 0.6) is 5.75 Å². The number of sulfonamides is 1. The lowest BCUT2D eigenvalue weighted by Gasteiger charge is -2.41. The predicted molar refractivity (Wildman–Crippen MR) is 131 cm³/mol. The molecule has 2 aromatic carbocycles. The van der Waals surface area contributed by atoms with Crippen molar-refractivity contribution in [2.75, 3.05) is 41.5 Å². The molecule has 0 bridgehead atoms. The van der Waals surface area contributed by atoms with Gasteiger partial charge in [-0.2, -0.15) is 5.26 Å². The lowest BCUT2D eigenvalue weighted by Crippen LogP contribution is -2.41. The predicted octanol–water partition coefficient (Wildman–Crippen LogP) is 3.70. The fraction of sp³-hybridized carbons (Fsp3) is 0.500.